The maximum Gasteiger partial charge on any atom is 0.313 e. The van der Waals surface area contributed by atoms with Gasteiger partial charge in [0.05, 0.1) is 12.2 Å². The van der Waals surface area contributed by atoms with Crippen LogP contribution in [0.5, 0.6) is 0 Å². The summed E-state index contributed by atoms with van der Waals surface area (Å²) in [4.78, 5) is 22.5. The monoisotopic (exact) mass is 262 g/mol. The van der Waals surface area contributed by atoms with Crippen LogP contribution in [0.2, 0.25) is 5.02 Å². The molecule has 92 valence electrons. The number of halogens is 3. The van der Waals surface area contributed by atoms with Crippen LogP contribution in [0.25, 0.3) is 0 Å². The van der Waals surface area contributed by atoms with E-state index in [2.05, 4.69) is 4.74 Å². The molecule has 0 radical (unpaired) electrons. The first kappa shape index (κ1) is 13.6. The Morgan fingerprint density at radius 1 is 1.35 bits per heavy atom. The van der Waals surface area contributed by atoms with Crippen LogP contribution in [0.3, 0.4) is 0 Å². The van der Waals surface area contributed by atoms with Gasteiger partial charge in [0.15, 0.2) is 11.6 Å². The van der Waals surface area contributed by atoms with E-state index in [1.165, 1.54) is 0 Å². The second kappa shape index (κ2) is 5.72. The van der Waals surface area contributed by atoms with E-state index in [1.807, 2.05) is 0 Å². The summed E-state index contributed by atoms with van der Waals surface area (Å²) in [5.74, 6) is -3.70. The number of hydrogen-bond acceptors (Lipinski definition) is 3. The molecule has 1 rings (SSSR count). The SMILES string of the molecule is CCOC(=O)CC(=O)c1ccc(F)c(Cl)c1F. The van der Waals surface area contributed by atoms with Crippen molar-refractivity contribution in [2.45, 2.75) is 13.3 Å². The highest BCUT2D eigenvalue weighted by Gasteiger charge is 2.20. The molecule has 0 fully saturated rings. The Morgan fingerprint density at radius 3 is 2.59 bits per heavy atom. The minimum Gasteiger partial charge on any atom is -0.466 e. The van der Waals surface area contributed by atoms with Gasteiger partial charge in [-0.2, -0.15) is 0 Å². The lowest BCUT2D eigenvalue weighted by molar-refractivity contribution is -0.141. The Labute approximate surface area is 101 Å². The fourth-order valence-electron chi connectivity index (χ4n) is 1.18. The van der Waals surface area contributed by atoms with Crippen LogP contribution in [0.15, 0.2) is 12.1 Å². The van der Waals surface area contributed by atoms with Gasteiger partial charge in [-0.15, -0.1) is 0 Å². The summed E-state index contributed by atoms with van der Waals surface area (Å²) in [5.41, 5.74) is -0.426. The number of esters is 1. The lowest BCUT2D eigenvalue weighted by Gasteiger charge is -2.04. The van der Waals surface area contributed by atoms with Crippen LogP contribution in [-0.4, -0.2) is 18.4 Å². The molecule has 0 heterocycles. The normalized spacial score (nSPS) is 10.1. The first-order valence-corrected chi connectivity index (χ1v) is 5.17. The standard InChI is InChI=1S/C11H9ClF2O3/c1-2-17-9(16)5-8(15)6-3-4-7(13)10(12)11(6)14/h3-4H,2,5H2,1H3. The fraction of sp³-hybridized carbons (Fsp3) is 0.273. The fourth-order valence-corrected chi connectivity index (χ4v) is 1.34. The number of ether oxygens (including phenoxy) is 1. The van der Waals surface area contributed by atoms with Crippen LogP contribution >= 0.6 is 11.6 Å². The third-order valence-corrected chi connectivity index (χ3v) is 2.29. The van der Waals surface area contributed by atoms with E-state index in [9.17, 15) is 18.4 Å². The number of hydrogen-bond donors (Lipinski definition) is 0. The summed E-state index contributed by atoms with van der Waals surface area (Å²) in [6.45, 7) is 1.70. The minimum absolute atomic E-state index is 0.124. The maximum absolute atomic E-state index is 13.4. The smallest absolute Gasteiger partial charge is 0.313 e. The predicted molar refractivity (Wildman–Crippen MR) is 56.9 cm³/mol. The molecule has 0 bridgehead atoms. The van der Waals surface area contributed by atoms with Crippen molar-refractivity contribution in [2.75, 3.05) is 6.61 Å². The van der Waals surface area contributed by atoms with Crippen molar-refractivity contribution in [3.63, 3.8) is 0 Å². The number of Topliss-reactive ketones (excluding diaryl/α,β-unsaturated/α-hetero) is 1. The van der Waals surface area contributed by atoms with Crippen LogP contribution in [0.1, 0.15) is 23.7 Å². The quantitative estimate of drug-likeness (QED) is 0.363. The number of benzene rings is 1. The van der Waals surface area contributed by atoms with E-state index >= 15 is 0 Å². The van der Waals surface area contributed by atoms with Crippen molar-refractivity contribution in [3.05, 3.63) is 34.4 Å². The van der Waals surface area contributed by atoms with E-state index in [1.54, 1.807) is 6.92 Å². The van der Waals surface area contributed by atoms with Gasteiger partial charge in [0.25, 0.3) is 0 Å². The lowest BCUT2D eigenvalue weighted by Crippen LogP contribution is -2.13. The van der Waals surface area contributed by atoms with E-state index < -0.39 is 40.4 Å². The van der Waals surface area contributed by atoms with Crippen LogP contribution in [0, 0.1) is 11.6 Å². The molecule has 0 spiro atoms. The Balaban J connectivity index is 2.90. The lowest BCUT2D eigenvalue weighted by atomic mass is 10.1. The number of carbonyl (C=O) groups excluding carboxylic acids is 2. The molecule has 0 amide bonds. The molecular weight excluding hydrogens is 254 g/mol. The van der Waals surface area contributed by atoms with Crippen molar-refractivity contribution < 1.29 is 23.1 Å². The molecule has 1 aromatic rings. The Hall–Kier alpha value is -1.49. The summed E-state index contributed by atoms with van der Waals surface area (Å²) < 4.78 is 30.8. The number of carbonyl (C=O) groups is 2. The molecular formula is C11H9ClF2O3. The van der Waals surface area contributed by atoms with Crippen LogP contribution in [0.4, 0.5) is 8.78 Å². The summed E-state index contributed by atoms with van der Waals surface area (Å²) in [7, 11) is 0. The van der Waals surface area contributed by atoms with Gasteiger partial charge in [0.1, 0.15) is 17.3 Å². The molecule has 0 aliphatic heterocycles. The molecule has 0 saturated heterocycles. The zero-order valence-electron chi connectivity index (χ0n) is 8.93. The van der Waals surface area contributed by atoms with Gasteiger partial charge >= 0.3 is 5.97 Å². The molecule has 17 heavy (non-hydrogen) atoms. The molecule has 0 aromatic heterocycles. The minimum atomic E-state index is -1.17. The molecule has 0 saturated carbocycles. The average molecular weight is 263 g/mol. The van der Waals surface area contributed by atoms with Gasteiger partial charge in [0.2, 0.25) is 0 Å². The Bertz CT molecular complexity index is 460. The van der Waals surface area contributed by atoms with E-state index in [-0.39, 0.29) is 6.61 Å². The summed E-state index contributed by atoms with van der Waals surface area (Å²) in [6, 6.07) is 1.81. The largest absolute Gasteiger partial charge is 0.466 e. The molecule has 0 aliphatic carbocycles. The zero-order valence-corrected chi connectivity index (χ0v) is 9.68. The first-order chi connectivity index (χ1) is 7.97. The van der Waals surface area contributed by atoms with Gasteiger partial charge in [0, 0.05) is 0 Å². The third kappa shape index (κ3) is 3.23. The van der Waals surface area contributed by atoms with E-state index in [0.717, 1.165) is 12.1 Å². The van der Waals surface area contributed by atoms with Gasteiger partial charge in [-0.05, 0) is 19.1 Å². The molecule has 0 atom stereocenters. The molecule has 0 N–H and O–H groups in total. The van der Waals surface area contributed by atoms with Gasteiger partial charge in [-0.25, -0.2) is 8.78 Å². The first-order valence-electron chi connectivity index (χ1n) is 4.79. The highest BCUT2D eigenvalue weighted by Crippen LogP contribution is 2.22. The van der Waals surface area contributed by atoms with Gasteiger partial charge in [-0.1, -0.05) is 11.6 Å². The summed E-state index contributed by atoms with van der Waals surface area (Å²) in [5, 5.41) is -0.764. The molecule has 6 heteroatoms. The topological polar surface area (TPSA) is 43.4 Å². The predicted octanol–water partition coefficient (Wildman–Crippen LogP) is 2.75. The van der Waals surface area contributed by atoms with Gasteiger partial charge in [-0.3, -0.25) is 9.59 Å². The average Bonchev–Trinajstić information content (AvgIpc) is 2.26. The summed E-state index contributed by atoms with van der Waals surface area (Å²) >= 11 is 5.31. The van der Waals surface area contributed by atoms with Crippen molar-refractivity contribution in [2.24, 2.45) is 0 Å². The zero-order chi connectivity index (χ0) is 13.0. The summed E-state index contributed by atoms with van der Waals surface area (Å²) in [6.07, 6.45) is -0.604. The third-order valence-electron chi connectivity index (χ3n) is 1.95. The highest BCUT2D eigenvalue weighted by molar-refractivity contribution is 6.31. The second-order valence-electron chi connectivity index (χ2n) is 3.13. The number of ketones is 1. The van der Waals surface area contributed by atoms with Gasteiger partial charge < -0.3 is 4.74 Å². The molecule has 1 aromatic carbocycles. The highest BCUT2D eigenvalue weighted by atomic mass is 35.5. The van der Waals surface area contributed by atoms with Crippen LogP contribution in [-0.2, 0) is 9.53 Å². The van der Waals surface area contributed by atoms with E-state index in [4.69, 9.17) is 11.6 Å². The van der Waals surface area contributed by atoms with Crippen LogP contribution < -0.4 is 0 Å². The Kier molecular flexibility index (Phi) is 4.57. The van der Waals surface area contributed by atoms with Crippen molar-refractivity contribution in [1.82, 2.24) is 0 Å². The van der Waals surface area contributed by atoms with Crippen molar-refractivity contribution >= 4 is 23.4 Å². The van der Waals surface area contributed by atoms with E-state index in [0.29, 0.717) is 0 Å². The second-order valence-corrected chi connectivity index (χ2v) is 3.51. The maximum atomic E-state index is 13.4. The molecule has 0 unspecified atom stereocenters. The Morgan fingerprint density at radius 2 is 2.00 bits per heavy atom. The number of rotatable bonds is 4. The van der Waals surface area contributed by atoms with Crippen molar-refractivity contribution in [3.8, 4) is 0 Å². The molecule has 3 nitrogen and oxygen atoms in total. The van der Waals surface area contributed by atoms with Crippen molar-refractivity contribution in [1.29, 1.82) is 0 Å². The molecule has 0 aliphatic rings.